The molecule has 0 spiro atoms. The van der Waals surface area contributed by atoms with Crippen molar-refractivity contribution in [2.45, 2.75) is 251 Å². The lowest BCUT2D eigenvalue weighted by atomic mass is 10.0. The molecule has 0 saturated heterocycles. The number of likely N-dealkylation sites (N-methyl/N-ethyl adjacent to an activating group) is 1. The van der Waals surface area contributed by atoms with Crippen molar-refractivity contribution in [2.24, 2.45) is 0 Å². The van der Waals surface area contributed by atoms with E-state index in [0.717, 1.165) is 83.5 Å². The van der Waals surface area contributed by atoms with Crippen LogP contribution in [0.5, 0.6) is 0 Å². The maximum atomic E-state index is 13.4. The number of carbonyl (C=O) groups is 2. The summed E-state index contributed by atoms with van der Waals surface area (Å²) >= 11 is 0. The molecule has 2 N–H and O–H groups in total. The van der Waals surface area contributed by atoms with Crippen molar-refractivity contribution in [2.75, 3.05) is 40.9 Å². The zero-order valence-electron chi connectivity index (χ0n) is 40.9. The van der Waals surface area contributed by atoms with Crippen molar-refractivity contribution in [1.82, 2.24) is 5.32 Å². The molecule has 9 nitrogen and oxygen atoms in total. The first kappa shape index (κ1) is 59.5. The summed E-state index contributed by atoms with van der Waals surface area (Å²) in [5.41, 5.74) is 0. The highest BCUT2D eigenvalue weighted by molar-refractivity contribution is 7.47. The lowest BCUT2D eigenvalue weighted by molar-refractivity contribution is -0.870. The number of hydrogen-bond donors (Lipinski definition) is 2. The van der Waals surface area contributed by atoms with Gasteiger partial charge in [-0.3, -0.25) is 18.6 Å². The van der Waals surface area contributed by atoms with E-state index in [0.29, 0.717) is 23.9 Å². The lowest BCUT2D eigenvalue weighted by Crippen LogP contribution is -2.47. The molecule has 0 rings (SSSR count). The van der Waals surface area contributed by atoms with Gasteiger partial charge in [-0.1, -0.05) is 200 Å². The van der Waals surface area contributed by atoms with Crippen LogP contribution in [0.2, 0.25) is 0 Å². The van der Waals surface area contributed by atoms with Crippen LogP contribution in [0.1, 0.15) is 239 Å². The summed E-state index contributed by atoms with van der Waals surface area (Å²) in [7, 11) is 1.50. The van der Waals surface area contributed by atoms with Crippen molar-refractivity contribution in [3.63, 3.8) is 0 Å². The van der Waals surface area contributed by atoms with E-state index in [9.17, 15) is 19.0 Å². The molecule has 0 aliphatic carbocycles. The number of nitrogens with zero attached hydrogens (tertiary/aromatic N) is 1. The summed E-state index contributed by atoms with van der Waals surface area (Å²) in [6, 6.07) is -0.843. The topological polar surface area (TPSA) is 111 Å². The summed E-state index contributed by atoms with van der Waals surface area (Å²) in [6.07, 6.45) is 45.9. The normalized spacial score (nSPS) is 14.1. The van der Waals surface area contributed by atoms with E-state index in [1.165, 1.54) is 122 Å². The molecule has 0 aromatic rings. The van der Waals surface area contributed by atoms with E-state index in [1.54, 1.807) is 0 Å². The number of ether oxygens (including phenoxy) is 1. The molecule has 3 atom stereocenters. The van der Waals surface area contributed by atoms with Crippen LogP contribution >= 0.6 is 7.82 Å². The molecule has 61 heavy (non-hydrogen) atoms. The van der Waals surface area contributed by atoms with Gasteiger partial charge in [0, 0.05) is 12.8 Å². The second kappa shape index (κ2) is 42.4. The fourth-order valence-corrected chi connectivity index (χ4v) is 8.07. The number of unbranched alkanes of at least 4 members (excludes halogenated alkanes) is 28. The molecule has 360 valence electrons. The summed E-state index contributed by atoms with van der Waals surface area (Å²) in [5.74, 6) is -0.512. The zero-order valence-corrected chi connectivity index (χ0v) is 41.8. The SMILES string of the molecule is CCCC/C=C\CCCCCCCC(=O)NC(COP(=O)(O)OCC[N+](C)(C)C)C(/C=C/CCCCCCCCCCCCC)OC(=O)CCCCCCCCCCCCC. The summed E-state index contributed by atoms with van der Waals surface area (Å²) in [5, 5.41) is 3.03. The smallest absolute Gasteiger partial charge is 0.456 e. The van der Waals surface area contributed by atoms with E-state index in [4.69, 9.17) is 13.8 Å². The Labute approximate surface area is 377 Å². The largest absolute Gasteiger partial charge is 0.472 e. The molecule has 0 bridgehead atoms. The maximum absolute atomic E-state index is 13.4. The summed E-state index contributed by atoms with van der Waals surface area (Å²) in [4.78, 5) is 37.3. The van der Waals surface area contributed by atoms with E-state index >= 15 is 0 Å². The van der Waals surface area contributed by atoms with Crippen molar-refractivity contribution >= 4 is 19.7 Å². The Hall–Kier alpha value is -1.51. The first-order valence-electron chi connectivity index (χ1n) is 25.7. The number of amides is 1. The van der Waals surface area contributed by atoms with Crippen molar-refractivity contribution in [1.29, 1.82) is 0 Å². The van der Waals surface area contributed by atoms with Gasteiger partial charge in [0.25, 0.3) is 0 Å². The third-order valence-electron chi connectivity index (χ3n) is 11.4. The molecule has 0 saturated carbocycles. The van der Waals surface area contributed by atoms with Crippen molar-refractivity contribution in [3.8, 4) is 0 Å². The van der Waals surface area contributed by atoms with E-state index in [1.807, 2.05) is 33.3 Å². The van der Waals surface area contributed by atoms with Gasteiger partial charge in [0.15, 0.2) is 0 Å². The van der Waals surface area contributed by atoms with Gasteiger partial charge in [0.1, 0.15) is 19.3 Å². The van der Waals surface area contributed by atoms with Gasteiger partial charge in [-0.15, -0.1) is 0 Å². The average Bonchev–Trinajstić information content (AvgIpc) is 3.21. The molecule has 0 radical (unpaired) electrons. The minimum absolute atomic E-state index is 0.0414. The van der Waals surface area contributed by atoms with Gasteiger partial charge < -0.3 is 19.4 Å². The molecule has 0 aromatic carbocycles. The van der Waals surface area contributed by atoms with Gasteiger partial charge >= 0.3 is 13.8 Å². The Morgan fingerprint density at radius 2 is 0.967 bits per heavy atom. The Morgan fingerprint density at radius 1 is 0.557 bits per heavy atom. The van der Waals surface area contributed by atoms with Crippen LogP contribution in [-0.2, 0) is 27.9 Å². The highest BCUT2D eigenvalue weighted by atomic mass is 31.2. The van der Waals surface area contributed by atoms with Crippen LogP contribution in [0.4, 0.5) is 0 Å². The maximum Gasteiger partial charge on any atom is 0.472 e. The van der Waals surface area contributed by atoms with Crippen LogP contribution in [0.25, 0.3) is 0 Å². The zero-order chi connectivity index (χ0) is 45.1. The third kappa shape index (κ3) is 43.5. The Kier molecular flexibility index (Phi) is 41.4. The Bertz CT molecular complexity index is 1110. The van der Waals surface area contributed by atoms with Crippen molar-refractivity contribution < 1.29 is 37.3 Å². The average molecular weight is 884 g/mol. The highest BCUT2D eigenvalue weighted by Gasteiger charge is 2.30. The number of quaternary nitrogens is 1. The predicted octanol–water partition coefficient (Wildman–Crippen LogP) is 14.7. The first-order chi connectivity index (χ1) is 29.4. The fourth-order valence-electron chi connectivity index (χ4n) is 7.33. The van der Waals surface area contributed by atoms with Gasteiger partial charge in [0.05, 0.1) is 33.8 Å². The molecule has 0 aromatic heterocycles. The molecule has 3 unspecified atom stereocenters. The highest BCUT2D eigenvalue weighted by Crippen LogP contribution is 2.43. The molecule has 10 heteroatoms. The van der Waals surface area contributed by atoms with Crippen LogP contribution in [0.15, 0.2) is 24.3 Å². The van der Waals surface area contributed by atoms with Gasteiger partial charge in [-0.25, -0.2) is 4.57 Å². The third-order valence-corrected chi connectivity index (χ3v) is 12.4. The molecular weight excluding hydrogens is 784 g/mol. The minimum atomic E-state index is -4.43. The standard InChI is InChI=1S/C51H99N2O7P/c1-7-10-13-16-19-22-25-26-29-30-33-36-39-42-49(60-51(55)44-41-38-35-32-28-24-21-18-15-12-9-3)48(47-59-61(56,57)58-46-45-53(4,5)6)52-50(54)43-40-37-34-31-27-23-20-17-14-11-8-2/h17,20,39,42,48-49H,7-16,18-19,21-38,40-41,43-47H2,1-6H3,(H-,52,54,56,57)/p+1/b20-17-,42-39+. The fraction of sp³-hybridized carbons (Fsp3) is 0.882. The van der Waals surface area contributed by atoms with E-state index in [2.05, 4.69) is 38.2 Å². The number of phosphoric ester groups is 1. The molecule has 0 fully saturated rings. The Morgan fingerprint density at radius 3 is 1.44 bits per heavy atom. The van der Waals surface area contributed by atoms with Gasteiger partial charge in [-0.05, 0) is 51.0 Å². The summed E-state index contributed by atoms with van der Waals surface area (Å²) in [6.45, 7) is 6.96. The molecule has 0 heterocycles. The Balaban J connectivity index is 5.46. The van der Waals surface area contributed by atoms with Crippen LogP contribution in [-0.4, -0.2) is 74.3 Å². The molecule has 0 aliphatic rings. The number of nitrogens with one attached hydrogen (secondary N) is 1. The van der Waals surface area contributed by atoms with Crippen LogP contribution in [0, 0.1) is 0 Å². The monoisotopic (exact) mass is 884 g/mol. The van der Waals surface area contributed by atoms with E-state index in [-0.39, 0.29) is 25.1 Å². The number of phosphoric acid groups is 1. The number of allylic oxidation sites excluding steroid dienone is 3. The molecular formula is C51H100N2O7P+. The van der Waals surface area contributed by atoms with Crippen molar-refractivity contribution in [3.05, 3.63) is 24.3 Å². The van der Waals surface area contributed by atoms with Crippen LogP contribution in [0.3, 0.4) is 0 Å². The lowest BCUT2D eigenvalue weighted by Gasteiger charge is -2.27. The summed E-state index contributed by atoms with van der Waals surface area (Å²) < 4.78 is 30.4. The number of hydrogen-bond acceptors (Lipinski definition) is 6. The first-order valence-corrected chi connectivity index (χ1v) is 27.2. The molecule has 1 amide bonds. The second-order valence-electron chi connectivity index (χ2n) is 18.7. The predicted molar refractivity (Wildman–Crippen MR) is 259 cm³/mol. The quantitative estimate of drug-likeness (QED) is 0.0206. The van der Waals surface area contributed by atoms with E-state index < -0.39 is 20.0 Å². The van der Waals surface area contributed by atoms with Gasteiger partial charge in [0.2, 0.25) is 5.91 Å². The van der Waals surface area contributed by atoms with Crippen LogP contribution < -0.4 is 5.32 Å². The number of rotatable bonds is 46. The number of carbonyl (C=O) groups excluding carboxylic acids is 2. The minimum Gasteiger partial charge on any atom is -0.456 e. The number of esters is 1. The second-order valence-corrected chi connectivity index (χ2v) is 20.2. The molecule has 0 aliphatic heterocycles. The van der Waals surface area contributed by atoms with Gasteiger partial charge in [-0.2, -0.15) is 0 Å².